The highest BCUT2D eigenvalue weighted by atomic mass is 35.5. The Kier molecular flexibility index (Phi) is 3.75. The van der Waals surface area contributed by atoms with Crippen LogP contribution in [-0.4, -0.2) is 24.0 Å². The van der Waals surface area contributed by atoms with Crippen LogP contribution in [0.5, 0.6) is 0 Å². The standard InChI is InChI=1S/C12H16Cl2N2/c1-8(16-5-4-10(15)7-16)9-2-3-11(13)12(14)6-9/h2-3,6,8,10H,4-5,7,15H2,1H3. The molecule has 0 spiro atoms. The molecular formula is C12H16Cl2N2. The van der Waals surface area contributed by atoms with Crippen molar-refractivity contribution in [2.75, 3.05) is 13.1 Å². The lowest BCUT2D eigenvalue weighted by Crippen LogP contribution is -2.28. The minimum Gasteiger partial charge on any atom is -0.326 e. The summed E-state index contributed by atoms with van der Waals surface area (Å²) in [6.07, 6.45) is 1.08. The van der Waals surface area contributed by atoms with Crippen LogP contribution >= 0.6 is 23.2 Å². The molecular weight excluding hydrogens is 243 g/mol. The van der Waals surface area contributed by atoms with E-state index in [9.17, 15) is 0 Å². The lowest BCUT2D eigenvalue weighted by Gasteiger charge is -2.24. The maximum absolute atomic E-state index is 6.02. The molecule has 1 heterocycles. The highest BCUT2D eigenvalue weighted by Gasteiger charge is 2.24. The summed E-state index contributed by atoms with van der Waals surface area (Å²) in [6.45, 7) is 4.20. The summed E-state index contributed by atoms with van der Waals surface area (Å²) < 4.78 is 0. The van der Waals surface area contributed by atoms with Gasteiger partial charge in [-0.3, -0.25) is 4.90 Å². The fourth-order valence-corrected chi connectivity index (χ4v) is 2.46. The molecule has 2 nitrogen and oxygen atoms in total. The van der Waals surface area contributed by atoms with Gasteiger partial charge in [0.1, 0.15) is 0 Å². The fraction of sp³-hybridized carbons (Fsp3) is 0.500. The molecule has 2 atom stereocenters. The number of hydrogen-bond donors (Lipinski definition) is 1. The Morgan fingerprint density at radius 2 is 2.12 bits per heavy atom. The summed E-state index contributed by atoms with van der Waals surface area (Å²) in [6, 6.07) is 6.49. The smallest absolute Gasteiger partial charge is 0.0595 e. The molecule has 1 saturated heterocycles. The van der Waals surface area contributed by atoms with E-state index in [1.54, 1.807) is 0 Å². The lowest BCUT2D eigenvalue weighted by atomic mass is 10.1. The number of hydrogen-bond acceptors (Lipinski definition) is 2. The Labute approximate surface area is 106 Å². The minimum absolute atomic E-state index is 0.310. The second-order valence-electron chi connectivity index (χ2n) is 4.39. The molecule has 0 aromatic heterocycles. The van der Waals surface area contributed by atoms with Gasteiger partial charge in [-0.2, -0.15) is 0 Å². The molecule has 2 unspecified atom stereocenters. The summed E-state index contributed by atoms with van der Waals surface area (Å²) in [5.74, 6) is 0. The summed E-state index contributed by atoms with van der Waals surface area (Å²) in [5, 5.41) is 1.23. The predicted octanol–water partition coefficient (Wildman–Crippen LogP) is 3.09. The average Bonchev–Trinajstić information content (AvgIpc) is 2.68. The molecule has 1 aromatic carbocycles. The molecule has 0 amide bonds. The van der Waals surface area contributed by atoms with Crippen molar-refractivity contribution < 1.29 is 0 Å². The normalized spacial score (nSPS) is 23.6. The number of nitrogens with zero attached hydrogens (tertiary/aromatic N) is 1. The largest absolute Gasteiger partial charge is 0.326 e. The van der Waals surface area contributed by atoms with Crippen molar-refractivity contribution in [1.82, 2.24) is 4.90 Å². The molecule has 1 aromatic rings. The van der Waals surface area contributed by atoms with Crippen LogP contribution in [0.2, 0.25) is 10.0 Å². The molecule has 2 rings (SSSR count). The van der Waals surface area contributed by atoms with Gasteiger partial charge in [-0.15, -0.1) is 0 Å². The minimum atomic E-state index is 0.310. The maximum atomic E-state index is 6.02. The van der Waals surface area contributed by atoms with Crippen LogP contribution in [0.25, 0.3) is 0 Å². The highest BCUT2D eigenvalue weighted by Crippen LogP contribution is 2.29. The zero-order valence-electron chi connectivity index (χ0n) is 9.29. The Bertz CT molecular complexity index is 381. The monoisotopic (exact) mass is 258 g/mol. The van der Waals surface area contributed by atoms with Gasteiger partial charge in [0, 0.05) is 25.2 Å². The maximum Gasteiger partial charge on any atom is 0.0595 e. The Hall–Kier alpha value is -0.280. The van der Waals surface area contributed by atoms with Crippen LogP contribution in [0.3, 0.4) is 0 Å². The lowest BCUT2D eigenvalue weighted by molar-refractivity contribution is 0.260. The Morgan fingerprint density at radius 3 is 2.69 bits per heavy atom. The molecule has 1 aliphatic rings. The SMILES string of the molecule is CC(c1ccc(Cl)c(Cl)c1)N1CCC(N)C1. The second-order valence-corrected chi connectivity index (χ2v) is 5.21. The second kappa shape index (κ2) is 4.92. The van der Waals surface area contributed by atoms with Crippen LogP contribution in [-0.2, 0) is 0 Å². The molecule has 16 heavy (non-hydrogen) atoms. The molecule has 0 bridgehead atoms. The van der Waals surface area contributed by atoms with Crippen molar-refractivity contribution in [1.29, 1.82) is 0 Å². The first-order valence-corrected chi connectivity index (χ1v) is 6.28. The molecule has 1 aliphatic heterocycles. The molecule has 2 N–H and O–H groups in total. The first-order valence-electron chi connectivity index (χ1n) is 5.52. The van der Waals surface area contributed by atoms with Gasteiger partial charge < -0.3 is 5.73 Å². The van der Waals surface area contributed by atoms with Crippen LogP contribution in [0, 0.1) is 0 Å². The van der Waals surface area contributed by atoms with E-state index in [0.717, 1.165) is 19.5 Å². The zero-order valence-corrected chi connectivity index (χ0v) is 10.8. The third-order valence-electron chi connectivity index (χ3n) is 3.23. The van der Waals surface area contributed by atoms with Crippen molar-refractivity contribution in [3.05, 3.63) is 33.8 Å². The van der Waals surface area contributed by atoms with Gasteiger partial charge in [0.05, 0.1) is 10.0 Å². The molecule has 1 fully saturated rings. The van der Waals surface area contributed by atoms with E-state index in [1.807, 2.05) is 18.2 Å². The fourth-order valence-electron chi connectivity index (χ4n) is 2.15. The van der Waals surface area contributed by atoms with Crippen molar-refractivity contribution in [3.63, 3.8) is 0 Å². The van der Waals surface area contributed by atoms with E-state index in [1.165, 1.54) is 5.56 Å². The summed E-state index contributed by atoms with van der Waals surface area (Å²) >= 11 is 11.9. The number of nitrogens with two attached hydrogens (primary N) is 1. The summed E-state index contributed by atoms with van der Waals surface area (Å²) in [4.78, 5) is 2.38. The van der Waals surface area contributed by atoms with Gasteiger partial charge in [0.25, 0.3) is 0 Å². The third-order valence-corrected chi connectivity index (χ3v) is 3.97. The quantitative estimate of drug-likeness (QED) is 0.884. The number of likely N-dealkylation sites (tertiary alicyclic amines) is 1. The van der Waals surface area contributed by atoms with E-state index in [0.29, 0.717) is 22.1 Å². The highest BCUT2D eigenvalue weighted by molar-refractivity contribution is 6.42. The van der Waals surface area contributed by atoms with Gasteiger partial charge in [-0.1, -0.05) is 29.3 Å². The van der Waals surface area contributed by atoms with Crippen LogP contribution in [0.1, 0.15) is 24.9 Å². The molecule has 88 valence electrons. The van der Waals surface area contributed by atoms with E-state index >= 15 is 0 Å². The van der Waals surface area contributed by atoms with Gasteiger partial charge in [-0.05, 0) is 31.0 Å². The van der Waals surface area contributed by atoms with Gasteiger partial charge in [0.15, 0.2) is 0 Å². The van der Waals surface area contributed by atoms with Crippen molar-refractivity contribution in [2.45, 2.75) is 25.4 Å². The van der Waals surface area contributed by atoms with Crippen LogP contribution in [0.4, 0.5) is 0 Å². The third kappa shape index (κ3) is 2.51. The van der Waals surface area contributed by atoms with E-state index < -0.39 is 0 Å². The Morgan fingerprint density at radius 1 is 1.38 bits per heavy atom. The van der Waals surface area contributed by atoms with E-state index in [2.05, 4.69) is 11.8 Å². The van der Waals surface area contributed by atoms with Crippen molar-refractivity contribution in [3.8, 4) is 0 Å². The van der Waals surface area contributed by atoms with Crippen molar-refractivity contribution in [2.24, 2.45) is 5.73 Å². The van der Waals surface area contributed by atoms with Gasteiger partial charge in [-0.25, -0.2) is 0 Å². The number of halogens is 2. The van der Waals surface area contributed by atoms with E-state index in [4.69, 9.17) is 28.9 Å². The van der Waals surface area contributed by atoms with Gasteiger partial charge >= 0.3 is 0 Å². The Balaban J connectivity index is 2.14. The molecule has 4 heteroatoms. The van der Waals surface area contributed by atoms with E-state index in [-0.39, 0.29) is 0 Å². The molecule has 0 saturated carbocycles. The zero-order chi connectivity index (χ0) is 11.7. The summed E-state index contributed by atoms with van der Waals surface area (Å²) in [7, 11) is 0. The predicted molar refractivity (Wildman–Crippen MR) is 69.0 cm³/mol. The number of rotatable bonds is 2. The van der Waals surface area contributed by atoms with Gasteiger partial charge in [0.2, 0.25) is 0 Å². The molecule has 0 aliphatic carbocycles. The van der Waals surface area contributed by atoms with Crippen LogP contribution < -0.4 is 5.73 Å². The van der Waals surface area contributed by atoms with Crippen molar-refractivity contribution >= 4 is 23.2 Å². The topological polar surface area (TPSA) is 29.3 Å². The first-order chi connectivity index (χ1) is 7.58. The van der Waals surface area contributed by atoms with Crippen LogP contribution in [0.15, 0.2) is 18.2 Å². The molecule has 0 radical (unpaired) electrons. The average molecular weight is 259 g/mol. The first kappa shape index (κ1) is 12.2. The number of benzene rings is 1. The summed E-state index contributed by atoms with van der Waals surface area (Å²) in [5.41, 5.74) is 7.10.